The summed E-state index contributed by atoms with van der Waals surface area (Å²) in [5.74, 6) is 0.979. The number of unbranched alkanes of at least 4 members (excludes halogenated alkanes) is 1. The van der Waals surface area contributed by atoms with Crippen LogP contribution in [0.15, 0.2) is 11.0 Å². The lowest BCUT2D eigenvalue weighted by Gasteiger charge is -1.93. The zero-order valence-corrected chi connectivity index (χ0v) is 8.15. The van der Waals surface area contributed by atoms with Crippen LogP contribution >= 0.6 is 11.8 Å². The van der Waals surface area contributed by atoms with E-state index in [9.17, 15) is 4.79 Å². The number of hydrogen-bond acceptors (Lipinski definition) is 3. The molecule has 1 heterocycles. The number of carbonyl (C=O) groups excluding carboxylic acids is 1. The van der Waals surface area contributed by atoms with Gasteiger partial charge in [-0.3, -0.25) is 0 Å². The van der Waals surface area contributed by atoms with Gasteiger partial charge in [0.15, 0.2) is 0 Å². The molecule has 3 heteroatoms. The Hall–Kier alpha value is -0.440. The third-order valence-electron chi connectivity index (χ3n) is 1.71. The van der Waals surface area contributed by atoms with E-state index in [1.807, 2.05) is 5.41 Å². The second-order valence-electron chi connectivity index (χ2n) is 2.75. The Balaban J connectivity index is 2.22. The molecule has 0 radical (unpaired) electrons. The van der Waals surface area contributed by atoms with Crippen LogP contribution in [0.25, 0.3) is 0 Å². The number of rotatable bonds is 4. The van der Waals surface area contributed by atoms with Crippen LogP contribution in [0.4, 0.5) is 0 Å². The van der Waals surface area contributed by atoms with Crippen LogP contribution in [0.5, 0.6) is 0 Å². The maximum atomic E-state index is 10.9. The summed E-state index contributed by atoms with van der Waals surface area (Å²) in [6.45, 7) is 2.73. The van der Waals surface area contributed by atoms with E-state index in [-0.39, 0.29) is 5.97 Å². The van der Waals surface area contributed by atoms with Crippen molar-refractivity contribution in [2.75, 3.05) is 12.4 Å². The van der Waals surface area contributed by atoms with Gasteiger partial charge in [-0.15, -0.1) is 11.8 Å². The smallest absolute Gasteiger partial charge is 0.334 e. The van der Waals surface area contributed by atoms with Crippen LogP contribution in [-0.4, -0.2) is 18.3 Å². The van der Waals surface area contributed by atoms with Gasteiger partial charge in [-0.2, -0.15) is 0 Å². The van der Waals surface area contributed by atoms with Crippen molar-refractivity contribution in [3.63, 3.8) is 0 Å². The lowest BCUT2D eigenvalue weighted by atomic mass is 10.3. The molecule has 0 spiro atoms. The van der Waals surface area contributed by atoms with Gasteiger partial charge >= 0.3 is 5.97 Å². The average molecular weight is 186 g/mol. The van der Waals surface area contributed by atoms with Gasteiger partial charge in [-0.25, -0.2) is 4.79 Å². The van der Waals surface area contributed by atoms with Gasteiger partial charge < -0.3 is 4.74 Å². The topological polar surface area (TPSA) is 26.3 Å². The molecule has 0 amide bonds. The summed E-state index contributed by atoms with van der Waals surface area (Å²) >= 11 is 1.72. The average Bonchev–Trinajstić information content (AvgIpc) is 2.46. The van der Waals surface area contributed by atoms with E-state index in [4.69, 9.17) is 4.74 Å². The highest BCUT2D eigenvalue weighted by molar-refractivity contribution is 8.02. The van der Waals surface area contributed by atoms with Crippen LogP contribution in [-0.2, 0) is 9.53 Å². The summed E-state index contributed by atoms with van der Waals surface area (Å²) in [4.78, 5) is 10.9. The second-order valence-corrected chi connectivity index (χ2v) is 3.73. The standard InChI is InChI=1S/C9H14O2S/c1-2-3-6-12-7-8-4-5-11-9(8)10/h7H,2-6H2,1H3. The highest BCUT2D eigenvalue weighted by atomic mass is 32.2. The molecule has 68 valence electrons. The van der Waals surface area contributed by atoms with Crippen molar-refractivity contribution in [1.82, 2.24) is 0 Å². The van der Waals surface area contributed by atoms with Gasteiger partial charge in [0.05, 0.1) is 6.61 Å². The normalized spacial score (nSPS) is 20.1. The molecule has 0 aromatic carbocycles. The van der Waals surface area contributed by atoms with Crippen molar-refractivity contribution in [2.24, 2.45) is 0 Å². The minimum atomic E-state index is -0.126. The Morgan fingerprint density at radius 1 is 1.67 bits per heavy atom. The minimum absolute atomic E-state index is 0.126. The Labute approximate surface area is 77.4 Å². The van der Waals surface area contributed by atoms with E-state index >= 15 is 0 Å². The van der Waals surface area contributed by atoms with E-state index in [1.165, 1.54) is 12.8 Å². The lowest BCUT2D eigenvalue weighted by Crippen LogP contribution is -1.93. The molecule has 0 unspecified atom stereocenters. The molecule has 1 aliphatic rings. The van der Waals surface area contributed by atoms with Crippen LogP contribution in [0.3, 0.4) is 0 Å². The number of thioether (sulfide) groups is 1. The number of esters is 1. The Bertz CT molecular complexity index is 187. The summed E-state index contributed by atoms with van der Waals surface area (Å²) in [5.41, 5.74) is 0.844. The number of cyclic esters (lactones) is 1. The van der Waals surface area contributed by atoms with Crippen LogP contribution in [0.1, 0.15) is 26.2 Å². The van der Waals surface area contributed by atoms with Gasteiger partial charge in [0.2, 0.25) is 0 Å². The second kappa shape index (κ2) is 5.25. The molecule has 0 aromatic heterocycles. The van der Waals surface area contributed by atoms with Gasteiger partial charge in [-0.05, 0) is 17.6 Å². The fourth-order valence-electron chi connectivity index (χ4n) is 0.943. The van der Waals surface area contributed by atoms with E-state index in [1.54, 1.807) is 11.8 Å². The number of hydrogen-bond donors (Lipinski definition) is 0. The molecular weight excluding hydrogens is 172 g/mol. The maximum absolute atomic E-state index is 10.9. The highest BCUT2D eigenvalue weighted by Crippen LogP contribution is 2.18. The molecule has 0 aliphatic carbocycles. The van der Waals surface area contributed by atoms with Crippen LogP contribution in [0.2, 0.25) is 0 Å². The van der Waals surface area contributed by atoms with Crippen molar-refractivity contribution >= 4 is 17.7 Å². The van der Waals surface area contributed by atoms with Gasteiger partial charge in [0.25, 0.3) is 0 Å². The number of carbonyl (C=O) groups is 1. The molecule has 12 heavy (non-hydrogen) atoms. The van der Waals surface area contributed by atoms with Crippen molar-refractivity contribution < 1.29 is 9.53 Å². The third-order valence-corrected chi connectivity index (χ3v) is 2.68. The first-order valence-corrected chi connectivity index (χ1v) is 5.37. The van der Waals surface area contributed by atoms with Gasteiger partial charge in [0.1, 0.15) is 0 Å². The Kier molecular flexibility index (Phi) is 4.22. The first kappa shape index (κ1) is 9.65. The van der Waals surface area contributed by atoms with Crippen molar-refractivity contribution in [3.8, 4) is 0 Å². The van der Waals surface area contributed by atoms with Crippen molar-refractivity contribution in [1.29, 1.82) is 0 Å². The van der Waals surface area contributed by atoms with Crippen LogP contribution in [0, 0.1) is 0 Å². The quantitative estimate of drug-likeness (QED) is 0.383. The summed E-state index contributed by atoms with van der Waals surface area (Å²) in [6.07, 6.45) is 3.21. The molecule has 0 aromatic rings. The predicted molar refractivity (Wildman–Crippen MR) is 51.0 cm³/mol. The predicted octanol–water partition coefficient (Wildman–Crippen LogP) is 2.35. The lowest BCUT2D eigenvalue weighted by molar-refractivity contribution is -0.135. The molecule has 0 atom stereocenters. The maximum Gasteiger partial charge on any atom is 0.334 e. The van der Waals surface area contributed by atoms with Crippen molar-refractivity contribution in [3.05, 3.63) is 11.0 Å². The SMILES string of the molecule is CCCCSC=C1CCOC1=O. The minimum Gasteiger partial charge on any atom is -0.462 e. The summed E-state index contributed by atoms with van der Waals surface area (Å²) < 4.78 is 4.80. The molecule has 1 saturated heterocycles. The first-order valence-electron chi connectivity index (χ1n) is 4.32. The highest BCUT2D eigenvalue weighted by Gasteiger charge is 2.17. The summed E-state index contributed by atoms with van der Waals surface area (Å²) in [5, 5.41) is 1.95. The third kappa shape index (κ3) is 2.89. The fraction of sp³-hybridized carbons (Fsp3) is 0.667. The van der Waals surface area contributed by atoms with E-state index < -0.39 is 0 Å². The van der Waals surface area contributed by atoms with Crippen molar-refractivity contribution in [2.45, 2.75) is 26.2 Å². The molecule has 0 bridgehead atoms. The zero-order chi connectivity index (χ0) is 8.81. The molecule has 1 aliphatic heterocycles. The first-order chi connectivity index (χ1) is 5.84. The zero-order valence-electron chi connectivity index (χ0n) is 7.34. The fourth-order valence-corrected chi connectivity index (χ4v) is 1.93. The Morgan fingerprint density at radius 3 is 3.08 bits per heavy atom. The monoisotopic (exact) mass is 186 g/mol. The largest absolute Gasteiger partial charge is 0.462 e. The molecule has 2 nitrogen and oxygen atoms in total. The molecular formula is C9H14O2S. The Morgan fingerprint density at radius 2 is 2.50 bits per heavy atom. The van der Waals surface area contributed by atoms with Gasteiger partial charge in [-0.1, -0.05) is 13.3 Å². The van der Waals surface area contributed by atoms with E-state index in [2.05, 4.69) is 6.92 Å². The molecule has 0 N–H and O–H groups in total. The molecule has 0 saturated carbocycles. The van der Waals surface area contributed by atoms with E-state index in [0.29, 0.717) is 6.61 Å². The summed E-state index contributed by atoms with van der Waals surface area (Å²) in [6, 6.07) is 0. The summed E-state index contributed by atoms with van der Waals surface area (Å²) in [7, 11) is 0. The van der Waals surface area contributed by atoms with Crippen LogP contribution < -0.4 is 0 Å². The van der Waals surface area contributed by atoms with E-state index in [0.717, 1.165) is 17.7 Å². The molecule has 1 rings (SSSR count). The molecule has 1 fully saturated rings. The van der Waals surface area contributed by atoms with Gasteiger partial charge in [0, 0.05) is 12.0 Å². The number of ether oxygens (including phenoxy) is 1.